The topological polar surface area (TPSA) is 62.2 Å². The van der Waals surface area contributed by atoms with Gasteiger partial charge in [-0.05, 0) is 55.6 Å². The summed E-state index contributed by atoms with van der Waals surface area (Å²) in [6.07, 6.45) is 0. The van der Waals surface area contributed by atoms with E-state index in [4.69, 9.17) is 0 Å². The van der Waals surface area contributed by atoms with Crippen molar-refractivity contribution in [1.29, 1.82) is 0 Å². The summed E-state index contributed by atoms with van der Waals surface area (Å²) in [4.78, 5) is 15.9. The van der Waals surface area contributed by atoms with Crippen LogP contribution in [0.3, 0.4) is 0 Å². The van der Waals surface area contributed by atoms with Gasteiger partial charge in [-0.1, -0.05) is 12.1 Å². The summed E-state index contributed by atoms with van der Waals surface area (Å²) in [6, 6.07) is 7.30. The molecule has 0 bridgehead atoms. The minimum absolute atomic E-state index is 0.0895. The average Bonchev–Trinajstić information content (AvgIpc) is 2.42. The number of nitrogens with one attached hydrogen (secondary N) is 1. The molecule has 0 aliphatic rings. The van der Waals surface area contributed by atoms with Crippen LogP contribution in [-0.2, 0) is 6.54 Å². The van der Waals surface area contributed by atoms with E-state index in [9.17, 15) is 14.3 Å². The van der Waals surface area contributed by atoms with Crippen LogP contribution in [0.2, 0.25) is 0 Å². The van der Waals surface area contributed by atoms with Crippen molar-refractivity contribution in [3.63, 3.8) is 0 Å². The molecule has 0 spiro atoms. The van der Waals surface area contributed by atoms with Gasteiger partial charge in [0.1, 0.15) is 10.4 Å². The number of carbonyl (C=O) groups excluding carboxylic acids is 1. The van der Waals surface area contributed by atoms with Crippen LogP contribution >= 0.6 is 31.9 Å². The second-order valence-corrected chi connectivity index (χ2v) is 5.60. The van der Waals surface area contributed by atoms with Crippen molar-refractivity contribution in [3.05, 3.63) is 56.5 Å². The first-order chi connectivity index (χ1) is 9.47. The summed E-state index contributed by atoms with van der Waals surface area (Å²) in [5.74, 6) is -1.09. The number of nitrogens with zero attached hydrogens (tertiary/aromatic N) is 1. The van der Waals surface area contributed by atoms with Crippen molar-refractivity contribution in [2.45, 2.75) is 6.54 Å². The lowest BCUT2D eigenvalue weighted by Crippen LogP contribution is -2.24. The summed E-state index contributed by atoms with van der Waals surface area (Å²) >= 11 is 6.27. The van der Waals surface area contributed by atoms with Crippen molar-refractivity contribution in [2.75, 3.05) is 0 Å². The number of amides is 1. The molecule has 0 aliphatic carbocycles. The second kappa shape index (κ2) is 6.32. The van der Waals surface area contributed by atoms with Crippen LogP contribution in [0.4, 0.5) is 4.39 Å². The van der Waals surface area contributed by atoms with Crippen LogP contribution in [0.15, 0.2) is 39.4 Å². The maximum atomic E-state index is 12.8. The van der Waals surface area contributed by atoms with Crippen molar-refractivity contribution >= 4 is 37.8 Å². The summed E-state index contributed by atoms with van der Waals surface area (Å²) in [6.45, 7) is 0.213. The van der Waals surface area contributed by atoms with Crippen LogP contribution in [0, 0.1) is 5.82 Å². The third kappa shape index (κ3) is 3.55. The van der Waals surface area contributed by atoms with Gasteiger partial charge in [-0.15, -0.1) is 0 Å². The largest absolute Gasteiger partial charge is 0.504 e. The van der Waals surface area contributed by atoms with Crippen LogP contribution in [0.25, 0.3) is 0 Å². The fourth-order valence-corrected chi connectivity index (χ4v) is 2.62. The van der Waals surface area contributed by atoms with Gasteiger partial charge in [-0.25, -0.2) is 9.37 Å². The van der Waals surface area contributed by atoms with Crippen molar-refractivity contribution in [1.82, 2.24) is 10.3 Å². The van der Waals surface area contributed by atoms with Gasteiger partial charge in [0.05, 0.1) is 4.47 Å². The molecular formula is C13H9Br2FN2O2. The third-order valence-corrected chi connectivity index (χ3v) is 3.51. The Bertz CT molecular complexity index is 648. The first-order valence-corrected chi connectivity index (χ1v) is 7.13. The first kappa shape index (κ1) is 14.9. The van der Waals surface area contributed by atoms with E-state index in [2.05, 4.69) is 42.2 Å². The fraction of sp³-hybridized carbons (Fsp3) is 0.0769. The molecule has 1 aromatic heterocycles. The lowest BCUT2D eigenvalue weighted by atomic mass is 10.2. The van der Waals surface area contributed by atoms with E-state index in [0.717, 1.165) is 5.56 Å². The van der Waals surface area contributed by atoms with E-state index in [0.29, 0.717) is 9.08 Å². The SMILES string of the molecule is O=C(NCc1ccc(F)cc1)c1nc(Br)cc(Br)c1O. The number of aromatic hydroxyl groups is 1. The molecule has 0 aliphatic heterocycles. The third-order valence-electron chi connectivity index (χ3n) is 2.50. The number of hydrogen-bond acceptors (Lipinski definition) is 3. The molecule has 1 amide bonds. The first-order valence-electron chi connectivity index (χ1n) is 5.55. The summed E-state index contributed by atoms with van der Waals surface area (Å²) in [5, 5.41) is 12.4. The molecule has 0 saturated heterocycles. The highest BCUT2D eigenvalue weighted by Crippen LogP contribution is 2.29. The maximum absolute atomic E-state index is 12.8. The minimum atomic E-state index is -0.520. The summed E-state index contributed by atoms with van der Waals surface area (Å²) in [7, 11) is 0. The summed E-state index contributed by atoms with van der Waals surface area (Å²) < 4.78 is 13.5. The van der Waals surface area contributed by atoms with Crippen LogP contribution in [0.5, 0.6) is 5.75 Å². The highest BCUT2D eigenvalue weighted by atomic mass is 79.9. The summed E-state index contributed by atoms with van der Waals surface area (Å²) in [5.41, 5.74) is 0.654. The van der Waals surface area contributed by atoms with E-state index in [-0.39, 0.29) is 23.8 Å². The predicted molar refractivity (Wildman–Crippen MR) is 78.9 cm³/mol. The predicted octanol–water partition coefficient (Wildman–Crippen LogP) is 3.38. The molecule has 1 aromatic carbocycles. The van der Waals surface area contributed by atoms with E-state index in [1.54, 1.807) is 12.1 Å². The number of aromatic nitrogens is 1. The molecule has 4 nitrogen and oxygen atoms in total. The van der Waals surface area contributed by atoms with Crippen molar-refractivity contribution < 1.29 is 14.3 Å². The van der Waals surface area contributed by atoms with Gasteiger partial charge in [0.2, 0.25) is 0 Å². The minimum Gasteiger partial charge on any atom is -0.504 e. The Hall–Kier alpha value is -1.47. The van der Waals surface area contributed by atoms with Gasteiger partial charge in [0.15, 0.2) is 11.4 Å². The number of halogens is 3. The highest BCUT2D eigenvalue weighted by Gasteiger charge is 2.16. The Kier molecular flexibility index (Phi) is 4.72. The maximum Gasteiger partial charge on any atom is 0.274 e. The van der Waals surface area contributed by atoms with Crippen molar-refractivity contribution in [2.24, 2.45) is 0 Å². The number of carbonyl (C=O) groups is 1. The second-order valence-electron chi connectivity index (χ2n) is 3.93. The Balaban J connectivity index is 2.11. The molecule has 0 saturated carbocycles. The Morgan fingerprint density at radius 2 is 1.95 bits per heavy atom. The fourth-order valence-electron chi connectivity index (χ4n) is 1.50. The number of hydrogen-bond donors (Lipinski definition) is 2. The normalized spacial score (nSPS) is 10.3. The van der Waals surface area contributed by atoms with Crippen LogP contribution in [0.1, 0.15) is 16.1 Å². The monoisotopic (exact) mass is 402 g/mol. The molecule has 0 radical (unpaired) electrons. The van der Waals surface area contributed by atoms with Gasteiger partial charge >= 0.3 is 0 Å². The van der Waals surface area contributed by atoms with Gasteiger partial charge < -0.3 is 10.4 Å². The van der Waals surface area contributed by atoms with Gasteiger partial charge in [-0.3, -0.25) is 4.79 Å². The molecule has 2 aromatic rings. The van der Waals surface area contributed by atoms with Crippen molar-refractivity contribution in [3.8, 4) is 5.75 Å². The van der Waals surface area contributed by atoms with E-state index >= 15 is 0 Å². The van der Waals surface area contributed by atoms with Gasteiger partial charge in [0, 0.05) is 6.54 Å². The highest BCUT2D eigenvalue weighted by molar-refractivity contribution is 9.11. The lowest BCUT2D eigenvalue weighted by Gasteiger charge is -2.08. The standard InChI is InChI=1S/C13H9Br2FN2O2/c14-9-5-10(15)18-11(12(9)19)13(20)17-6-7-1-3-8(16)4-2-7/h1-5,19H,6H2,(H,17,20). The number of rotatable bonds is 3. The van der Waals surface area contributed by atoms with E-state index in [1.165, 1.54) is 18.2 Å². The zero-order valence-electron chi connectivity index (χ0n) is 10.0. The quantitative estimate of drug-likeness (QED) is 0.772. The smallest absolute Gasteiger partial charge is 0.274 e. The Morgan fingerprint density at radius 3 is 2.60 bits per heavy atom. The Morgan fingerprint density at radius 1 is 1.30 bits per heavy atom. The molecule has 20 heavy (non-hydrogen) atoms. The molecular weight excluding hydrogens is 395 g/mol. The lowest BCUT2D eigenvalue weighted by molar-refractivity contribution is 0.0942. The van der Waals surface area contributed by atoms with E-state index in [1.807, 2.05) is 0 Å². The molecule has 2 N–H and O–H groups in total. The zero-order valence-corrected chi connectivity index (χ0v) is 13.2. The molecule has 7 heteroatoms. The molecule has 0 fully saturated rings. The number of pyridine rings is 1. The Labute approximate surface area is 131 Å². The molecule has 0 unspecified atom stereocenters. The van der Waals surface area contributed by atoms with Gasteiger partial charge in [-0.2, -0.15) is 0 Å². The molecule has 2 rings (SSSR count). The number of benzene rings is 1. The van der Waals surface area contributed by atoms with Crippen LogP contribution in [-0.4, -0.2) is 16.0 Å². The van der Waals surface area contributed by atoms with Crippen LogP contribution < -0.4 is 5.32 Å². The molecule has 1 heterocycles. The van der Waals surface area contributed by atoms with Gasteiger partial charge in [0.25, 0.3) is 5.91 Å². The average molecular weight is 404 g/mol. The van der Waals surface area contributed by atoms with E-state index < -0.39 is 5.91 Å². The zero-order chi connectivity index (χ0) is 14.7. The molecule has 104 valence electrons. The molecule has 0 atom stereocenters.